The molecule has 3 aromatic rings. The molecule has 4 rings (SSSR count). The van der Waals surface area contributed by atoms with E-state index < -0.39 is 7.60 Å². The Labute approximate surface area is 184 Å². The fraction of sp³-hybridized carbons (Fsp3) is 0.360. The first-order valence-corrected chi connectivity index (χ1v) is 12.3. The van der Waals surface area contributed by atoms with Gasteiger partial charge in [0.2, 0.25) is 0 Å². The van der Waals surface area contributed by atoms with Crippen LogP contribution in [0.3, 0.4) is 0 Å². The molecule has 0 aromatic heterocycles. The molecule has 31 heavy (non-hydrogen) atoms. The molecule has 0 fully saturated rings. The highest BCUT2D eigenvalue weighted by Crippen LogP contribution is 2.53. The van der Waals surface area contributed by atoms with Crippen LogP contribution in [0.2, 0.25) is 0 Å². The summed E-state index contributed by atoms with van der Waals surface area (Å²) in [5.41, 5.74) is 6.35. The predicted octanol–water partition coefficient (Wildman–Crippen LogP) is 5.63. The first kappa shape index (κ1) is 22.0. The highest BCUT2D eigenvalue weighted by atomic mass is 31.2. The SMILES string of the molecule is CCOP(=O)(OCC)c1c(C)c2c(c(C)c1-c1c(OC)ccc3ccccc13)CNC2. The fourth-order valence-electron chi connectivity index (χ4n) is 4.74. The van der Waals surface area contributed by atoms with Gasteiger partial charge in [0.1, 0.15) is 5.75 Å². The van der Waals surface area contributed by atoms with Crippen LogP contribution in [0, 0.1) is 13.8 Å². The highest BCUT2D eigenvalue weighted by molar-refractivity contribution is 7.62. The summed E-state index contributed by atoms with van der Waals surface area (Å²) in [7, 11) is -1.89. The van der Waals surface area contributed by atoms with E-state index in [0.717, 1.165) is 51.9 Å². The van der Waals surface area contributed by atoms with E-state index in [1.807, 2.05) is 39.0 Å². The second kappa shape index (κ2) is 8.76. The van der Waals surface area contributed by atoms with Crippen LogP contribution in [0.25, 0.3) is 21.9 Å². The van der Waals surface area contributed by atoms with Gasteiger partial charge in [-0.25, -0.2) is 0 Å². The van der Waals surface area contributed by atoms with E-state index in [2.05, 4.69) is 30.4 Å². The number of methoxy groups -OCH3 is 1. The third-order valence-electron chi connectivity index (χ3n) is 6.07. The number of fused-ring (bicyclic) bond motifs is 2. The van der Waals surface area contributed by atoms with Gasteiger partial charge in [0.05, 0.1) is 25.6 Å². The van der Waals surface area contributed by atoms with Crippen LogP contribution in [0.15, 0.2) is 36.4 Å². The first-order valence-electron chi connectivity index (χ1n) is 10.8. The molecule has 3 aromatic carbocycles. The molecule has 1 aliphatic rings. The zero-order chi connectivity index (χ0) is 22.2. The van der Waals surface area contributed by atoms with E-state index in [0.29, 0.717) is 18.5 Å². The molecule has 0 aliphatic carbocycles. The van der Waals surface area contributed by atoms with E-state index in [4.69, 9.17) is 13.8 Å². The lowest BCUT2D eigenvalue weighted by atomic mass is 9.88. The third kappa shape index (κ3) is 3.60. The molecule has 1 aliphatic heterocycles. The predicted molar refractivity (Wildman–Crippen MR) is 126 cm³/mol. The van der Waals surface area contributed by atoms with E-state index in [-0.39, 0.29) is 0 Å². The zero-order valence-electron chi connectivity index (χ0n) is 18.9. The highest BCUT2D eigenvalue weighted by Gasteiger charge is 2.37. The van der Waals surface area contributed by atoms with Crippen molar-refractivity contribution in [2.24, 2.45) is 0 Å². The van der Waals surface area contributed by atoms with Gasteiger partial charge in [-0.05, 0) is 66.8 Å². The number of rotatable bonds is 7. The molecular weight excluding hydrogens is 409 g/mol. The van der Waals surface area contributed by atoms with E-state index >= 15 is 0 Å². The summed E-state index contributed by atoms with van der Waals surface area (Å²) in [5, 5.41) is 6.26. The maximum absolute atomic E-state index is 14.2. The van der Waals surface area contributed by atoms with E-state index in [1.54, 1.807) is 7.11 Å². The molecule has 0 saturated carbocycles. The molecule has 0 amide bonds. The van der Waals surface area contributed by atoms with Gasteiger partial charge in [0.15, 0.2) is 0 Å². The number of benzene rings is 3. The van der Waals surface area contributed by atoms with E-state index in [9.17, 15) is 4.57 Å². The molecule has 164 valence electrons. The molecule has 0 saturated heterocycles. The minimum Gasteiger partial charge on any atom is -0.496 e. The Balaban J connectivity index is 2.19. The number of hydrogen-bond donors (Lipinski definition) is 1. The second-order valence-corrected chi connectivity index (χ2v) is 9.69. The third-order valence-corrected chi connectivity index (χ3v) is 8.38. The fourth-order valence-corrected chi connectivity index (χ4v) is 6.85. The average Bonchev–Trinajstić information content (AvgIpc) is 3.26. The molecule has 5 nitrogen and oxygen atoms in total. The molecule has 0 unspecified atom stereocenters. The van der Waals surface area contributed by atoms with Crippen LogP contribution in [0.1, 0.15) is 36.1 Å². The lowest BCUT2D eigenvalue weighted by Gasteiger charge is -2.27. The van der Waals surface area contributed by atoms with Crippen LogP contribution in [0.4, 0.5) is 0 Å². The average molecular weight is 439 g/mol. The maximum atomic E-state index is 14.2. The summed E-state index contributed by atoms with van der Waals surface area (Å²) < 4.78 is 31.8. The van der Waals surface area contributed by atoms with Crippen molar-refractivity contribution in [3.05, 3.63) is 58.7 Å². The van der Waals surface area contributed by atoms with Crippen molar-refractivity contribution in [3.63, 3.8) is 0 Å². The van der Waals surface area contributed by atoms with Crippen LogP contribution >= 0.6 is 7.60 Å². The van der Waals surface area contributed by atoms with Crippen LogP contribution in [0.5, 0.6) is 5.75 Å². The smallest absolute Gasteiger partial charge is 0.362 e. The summed E-state index contributed by atoms with van der Waals surface area (Å²) in [6, 6.07) is 12.2. The Hall–Kier alpha value is -2.17. The van der Waals surface area contributed by atoms with Crippen molar-refractivity contribution in [1.29, 1.82) is 0 Å². The van der Waals surface area contributed by atoms with Crippen molar-refractivity contribution in [2.45, 2.75) is 40.8 Å². The van der Waals surface area contributed by atoms with Gasteiger partial charge in [0.25, 0.3) is 0 Å². The number of nitrogens with one attached hydrogen (secondary N) is 1. The first-order chi connectivity index (χ1) is 15.0. The maximum Gasteiger partial charge on any atom is 0.362 e. The quantitative estimate of drug-likeness (QED) is 0.484. The Morgan fingerprint density at radius 1 is 0.903 bits per heavy atom. The molecule has 6 heteroatoms. The van der Waals surface area contributed by atoms with Gasteiger partial charge in [-0.3, -0.25) is 4.57 Å². The summed E-state index contributed by atoms with van der Waals surface area (Å²) in [6.07, 6.45) is 0. The van der Waals surface area contributed by atoms with Crippen LogP contribution in [-0.4, -0.2) is 20.3 Å². The van der Waals surface area contributed by atoms with Crippen LogP contribution in [-0.2, 0) is 26.7 Å². The molecule has 0 bridgehead atoms. The Morgan fingerprint density at radius 3 is 2.19 bits per heavy atom. The second-order valence-electron chi connectivity index (χ2n) is 7.73. The van der Waals surface area contributed by atoms with Crippen molar-refractivity contribution in [3.8, 4) is 16.9 Å². The monoisotopic (exact) mass is 439 g/mol. The topological polar surface area (TPSA) is 56.8 Å². The number of hydrogen-bond acceptors (Lipinski definition) is 5. The van der Waals surface area contributed by atoms with Crippen LogP contribution < -0.4 is 15.4 Å². The summed E-state index contributed by atoms with van der Waals surface area (Å²) >= 11 is 0. The molecule has 0 atom stereocenters. The van der Waals surface area contributed by atoms with E-state index in [1.165, 1.54) is 11.1 Å². The van der Waals surface area contributed by atoms with Gasteiger partial charge in [0, 0.05) is 24.2 Å². The molecule has 1 N–H and O–H groups in total. The Morgan fingerprint density at radius 2 is 1.55 bits per heavy atom. The molecule has 0 spiro atoms. The largest absolute Gasteiger partial charge is 0.496 e. The minimum atomic E-state index is -3.56. The van der Waals surface area contributed by atoms with Gasteiger partial charge in [-0.1, -0.05) is 30.3 Å². The van der Waals surface area contributed by atoms with Gasteiger partial charge in [-0.15, -0.1) is 0 Å². The van der Waals surface area contributed by atoms with Crippen molar-refractivity contribution >= 4 is 23.7 Å². The summed E-state index contributed by atoms with van der Waals surface area (Å²) in [5.74, 6) is 0.743. The lowest BCUT2D eigenvalue weighted by Crippen LogP contribution is -2.21. The summed E-state index contributed by atoms with van der Waals surface area (Å²) in [4.78, 5) is 0. The van der Waals surface area contributed by atoms with Crippen molar-refractivity contribution in [2.75, 3.05) is 20.3 Å². The van der Waals surface area contributed by atoms with Crippen molar-refractivity contribution in [1.82, 2.24) is 5.32 Å². The standard InChI is InChI=1S/C25H30NO4P/c1-6-29-31(27,30-7-2)25-17(4)21-15-26-14-20(21)16(3)23(25)24-19-11-9-8-10-18(19)12-13-22(24)28-5/h8-13,26H,6-7,14-15H2,1-5H3. The normalized spacial score (nSPS) is 13.6. The van der Waals surface area contributed by atoms with Gasteiger partial charge in [-0.2, -0.15) is 0 Å². The minimum absolute atomic E-state index is 0.303. The summed E-state index contributed by atoms with van der Waals surface area (Å²) in [6.45, 7) is 9.98. The molecule has 1 heterocycles. The van der Waals surface area contributed by atoms with Gasteiger partial charge >= 0.3 is 7.60 Å². The Bertz CT molecular complexity index is 1180. The molecular formula is C25H30NO4P. The molecule has 0 radical (unpaired) electrons. The number of ether oxygens (including phenoxy) is 1. The lowest BCUT2D eigenvalue weighted by molar-refractivity contribution is 0.230. The van der Waals surface area contributed by atoms with Crippen molar-refractivity contribution < 1.29 is 18.3 Å². The van der Waals surface area contributed by atoms with Gasteiger partial charge < -0.3 is 19.1 Å². The zero-order valence-corrected chi connectivity index (χ0v) is 19.8. The Kier molecular flexibility index (Phi) is 6.23.